The lowest BCUT2D eigenvalue weighted by atomic mass is 10.1. The highest BCUT2D eigenvalue weighted by atomic mass is 16.5. The predicted octanol–water partition coefficient (Wildman–Crippen LogP) is 2.22. The monoisotopic (exact) mass is 286 g/mol. The van der Waals surface area contributed by atoms with E-state index in [4.69, 9.17) is 9.72 Å². The van der Waals surface area contributed by atoms with Crippen LogP contribution >= 0.6 is 0 Å². The first-order valence-electron chi connectivity index (χ1n) is 7.62. The van der Waals surface area contributed by atoms with E-state index in [9.17, 15) is 0 Å². The molecule has 2 aromatic rings. The van der Waals surface area contributed by atoms with Gasteiger partial charge in [-0.3, -0.25) is 0 Å². The second-order valence-electron chi connectivity index (χ2n) is 5.37. The first kappa shape index (κ1) is 14.1. The van der Waals surface area contributed by atoms with Crippen molar-refractivity contribution < 1.29 is 4.74 Å². The quantitative estimate of drug-likeness (QED) is 0.934. The minimum absolute atomic E-state index is 0.487. The number of ether oxygens (including phenoxy) is 1. The molecular weight excluding hydrogens is 264 g/mol. The maximum Gasteiger partial charge on any atom is 0.258 e. The SMILES string of the molecule is CCOc1nc2ccccc2nc1N(C)C1CCNCC1. The van der Waals surface area contributed by atoms with E-state index in [1.54, 1.807) is 0 Å². The van der Waals surface area contributed by atoms with E-state index in [0.29, 0.717) is 18.5 Å². The summed E-state index contributed by atoms with van der Waals surface area (Å²) in [5, 5.41) is 3.40. The van der Waals surface area contributed by atoms with Crippen LogP contribution in [0.15, 0.2) is 24.3 Å². The number of rotatable bonds is 4. The third kappa shape index (κ3) is 2.93. The second kappa shape index (κ2) is 6.26. The maximum absolute atomic E-state index is 5.73. The van der Waals surface area contributed by atoms with Gasteiger partial charge in [0.25, 0.3) is 5.88 Å². The molecule has 0 amide bonds. The van der Waals surface area contributed by atoms with Gasteiger partial charge in [-0.1, -0.05) is 12.1 Å². The van der Waals surface area contributed by atoms with Gasteiger partial charge in [0.05, 0.1) is 17.6 Å². The summed E-state index contributed by atoms with van der Waals surface area (Å²) in [6.07, 6.45) is 2.24. The molecule has 0 saturated carbocycles. The molecule has 112 valence electrons. The molecule has 1 aliphatic rings. The smallest absolute Gasteiger partial charge is 0.258 e. The van der Waals surface area contributed by atoms with Crippen molar-refractivity contribution in [2.24, 2.45) is 0 Å². The number of anilines is 1. The zero-order valence-electron chi connectivity index (χ0n) is 12.7. The van der Waals surface area contributed by atoms with Crippen LogP contribution in [0.1, 0.15) is 19.8 Å². The van der Waals surface area contributed by atoms with Crippen molar-refractivity contribution in [3.63, 3.8) is 0 Å². The minimum atomic E-state index is 0.487. The second-order valence-corrected chi connectivity index (χ2v) is 5.37. The van der Waals surface area contributed by atoms with Crippen LogP contribution in [0.4, 0.5) is 5.82 Å². The van der Waals surface area contributed by atoms with E-state index >= 15 is 0 Å². The highest BCUT2D eigenvalue weighted by Gasteiger charge is 2.23. The van der Waals surface area contributed by atoms with E-state index < -0.39 is 0 Å². The molecule has 0 spiro atoms. The summed E-state index contributed by atoms with van der Waals surface area (Å²) < 4.78 is 5.73. The number of aromatic nitrogens is 2. The Morgan fingerprint density at radius 3 is 2.52 bits per heavy atom. The topological polar surface area (TPSA) is 50.3 Å². The molecule has 0 aliphatic carbocycles. The number of nitrogens with zero attached hydrogens (tertiary/aromatic N) is 3. The lowest BCUT2D eigenvalue weighted by Gasteiger charge is -2.33. The van der Waals surface area contributed by atoms with Crippen LogP contribution in [-0.2, 0) is 0 Å². The van der Waals surface area contributed by atoms with Gasteiger partial charge >= 0.3 is 0 Å². The molecule has 0 unspecified atom stereocenters. The summed E-state index contributed by atoms with van der Waals surface area (Å²) in [5.74, 6) is 1.49. The van der Waals surface area contributed by atoms with Crippen LogP contribution in [0.25, 0.3) is 11.0 Å². The van der Waals surface area contributed by atoms with Crippen molar-refractivity contribution in [2.75, 3.05) is 31.6 Å². The Balaban J connectivity index is 1.99. The molecule has 0 radical (unpaired) electrons. The van der Waals surface area contributed by atoms with E-state index in [2.05, 4.69) is 22.2 Å². The number of hydrogen-bond donors (Lipinski definition) is 1. The Labute approximate surface area is 125 Å². The van der Waals surface area contributed by atoms with Crippen LogP contribution in [0.5, 0.6) is 5.88 Å². The minimum Gasteiger partial charge on any atom is -0.475 e. The zero-order chi connectivity index (χ0) is 14.7. The van der Waals surface area contributed by atoms with Gasteiger partial charge in [0.15, 0.2) is 5.82 Å². The van der Waals surface area contributed by atoms with Crippen LogP contribution in [0, 0.1) is 0 Å². The number of nitrogens with one attached hydrogen (secondary N) is 1. The number of piperidine rings is 1. The van der Waals surface area contributed by atoms with Gasteiger partial charge < -0.3 is 15.0 Å². The number of para-hydroxylation sites is 2. The summed E-state index contributed by atoms with van der Waals surface area (Å²) in [7, 11) is 2.09. The molecule has 1 saturated heterocycles. The summed E-state index contributed by atoms with van der Waals surface area (Å²) in [5.41, 5.74) is 1.79. The van der Waals surface area contributed by atoms with Crippen molar-refractivity contribution in [3.05, 3.63) is 24.3 Å². The van der Waals surface area contributed by atoms with E-state index in [0.717, 1.165) is 42.8 Å². The molecule has 0 bridgehead atoms. The van der Waals surface area contributed by atoms with Gasteiger partial charge in [-0.25, -0.2) is 9.97 Å². The van der Waals surface area contributed by atoms with Gasteiger partial charge in [0, 0.05) is 13.1 Å². The third-order valence-electron chi connectivity index (χ3n) is 3.99. The molecule has 5 nitrogen and oxygen atoms in total. The normalized spacial score (nSPS) is 16.1. The molecule has 1 aliphatic heterocycles. The highest BCUT2D eigenvalue weighted by molar-refractivity contribution is 5.77. The molecule has 3 rings (SSSR count). The van der Waals surface area contributed by atoms with Crippen molar-refractivity contribution in [2.45, 2.75) is 25.8 Å². The van der Waals surface area contributed by atoms with E-state index in [-0.39, 0.29) is 0 Å². The molecule has 1 fully saturated rings. The predicted molar refractivity (Wildman–Crippen MR) is 85.0 cm³/mol. The van der Waals surface area contributed by atoms with Crippen molar-refractivity contribution >= 4 is 16.9 Å². The fourth-order valence-corrected chi connectivity index (χ4v) is 2.80. The summed E-state index contributed by atoms with van der Waals surface area (Å²) >= 11 is 0. The van der Waals surface area contributed by atoms with Gasteiger partial charge in [-0.15, -0.1) is 0 Å². The van der Waals surface area contributed by atoms with Crippen LogP contribution in [0.2, 0.25) is 0 Å². The molecular formula is C16H22N4O. The van der Waals surface area contributed by atoms with Gasteiger partial charge in [0.2, 0.25) is 0 Å². The first-order chi connectivity index (χ1) is 10.3. The molecule has 5 heteroatoms. The zero-order valence-corrected chi connectivity index (χ0v) is 12.7. The number of benzene rings is 1. The summed E-state index contributed by atoms with van der Waals surface area (Å²) in [4.78, 5) is 11.7. The fourth-order valence-electron chi connectivity index (χ4n) is 2.80. The van der Waals surface area contributed by atoms with Gasteiger partial charge in [-0.2, -0.15) is 0 Å². The standard InChI is InChI=1S/C16H22N4O/c1-3-21-16-15(20(2)12-8-10-17-11-9-12)18-13-6-4-5-7-14(13)19-16/h4-7,12,17H,3,8-11H2,1-2H3. The fraction of sp³-hybridized carbons (Fsp3) is 0.500. The van der Waals surface area contributed by atoms with Crippen LogP contribution in [-0.4, -0.2) is 42.8 Å². The molecule has 21 heavy (non-hydrogen) atoms. The average Bonchev–Trinajstić information content (AvgIpc) is 2.55. The van der Waals surface area contributed by atoms with Crippen molar-refractivity contribution in [3.8, 4) is 5.88 Å². The first-order valence-corrected chi connectivity index (χ1v) is 7.62. The van der Waals surface area contributed by atoms with Crippen LogP contribution in [0.3, 0.4) is 0 Å². The van der Waals surface area contributed by atoms with Crippen molar-refractivity contribution in [1.82, 2.24) is 15.3 Å². The molecule has 2 heterocycles. The van der Waals surface area contributed by atoms with Crippen LogP contribution < -0.4 is 15.0 Å². The average molecular weight is 286 g/mol. The molecule has 1 aromatic carbocycles. The van der Waals surface area contributed by atoms with Crippen molar-refractivity contribution in [1.29, 1.82) is 0 Å². The largest absolute Gasteiger partial charge is 0.475 e. The third-order valence-corrected chi connectivity index (χ3v) is 3.99. The highest BCUT2D eigenvalue weighted by Crippen LogP contribution is 2.29. The van der Waals surface area contributed by atoms with E-state index in [1.807, 2.05) is 31.2 Å². The Morgan fingerprint density at radius 1 is 1.19 bits per heavy atom. The van der Waals surface area contributed by atoms with E-state index in [1.165, 1.54) is 0 Å². The van der Waals surface area contributed by atoms with Gasteiger partial charge in [-0.05, 0) is 45.0 Å². The summed E-state index contributed by atoms with van der Waals surface area (Å²) in [6, 6.07) is 8.42. The Kier molecular flexibility index (Phi) is 4.20. The Morgan fingerprint density at radius 2 is 1.86 bits per heavy atom. The number of hydrogen-bond acceptors (Lipinski definition) is 5. The molecule has 1 N–H and O–H groups in total. The lowest BCUT2D eigenvalue weighted by Crippen LogP contribution is -2.41. The lowest BCUT2D eigenvalue weighted by molar-refractivity contribution is 0.325. The Hall–Kier alpha value is -1.88. The van der Waals surface area contributed by atoms with Gasteiger partial charge in [0.1, 0.15) is 0 Å². The molecule has 1 aromatic heterocycles. The Bertz CT molecular complexity index is 610. The summed E-state index contributed by atoms with van der Waals surface area (Å²) in [6.45, 7) is 4.69. The molecule has 0 atom stereocenters. The maximum atomic E-state index is 5.73. The number of fused-ring (bicyclic) bond motifs is 1.